The van der Waals surface area contributed by atoms with Crippen molar-refractivity contribution < 1.29 is 71.8 Å². The molecular weight excluding hydrogens is 1210 g/mol. The molecule has 13 rings (SSSR count). The molecule has 2 saturated heterocycles. The van der Waals surface area contributed by atoms with E-state index in [-0.39, 0.29) is 87.4 Å². The Bertz CT molecular complexity index is 2540. The molecule has 15 heteroatoms. The van der Waals surface area contributed by atoms with Gasteiger partial charge in [-0.25, -0.2) is 4.79 Å². The average molecular weight is 1350 g/mol. The molecule has 1 N–H and O–H groups in total. The Labute approximate surface area is 582 Å². The molecular formula is C81H138O15. The fourth-order valence-electron chi connectivity index (χ4n) is 18.0. The number of hydrogen-bond donors (Lipinski definition) is 1. The van der Waals surface area contributed by atoms with Crippen molar-refractivity contribution in [3.05, 3.63) is 0 Å². The van der Waals surface area contributed by atoms with Crippen molar-refractivity contribution in [1.82, 2.24) is 0 Å². The van der Waals surface area contributed by atoms with Crippen LogP contribution < -0.4 is 0 Å². The van der Waals surface area contributed by atoms with Crippen molar-refractivity contribution in [3.63, 3.8) is 0 Å². The first-order valence-electron chi connectivity index (χ1n) is 38.9. The van der Waals surface area contributed by atoms with E-state index >= 15 is 0 Å². The first kappa shape index (κ1) is 81.2. The van der Waals surface area contributed by atoms with Crippen molar-refractivity contribution in [2.24, 2.45) is 92.2 Å². The number of ether oxygens (including phenoxy) is 7. The number of fused-ring (bicyclic) bond motifs is 1. The summed E-state index contributed by atoms with van der Waals surface area (Å²) < 4.78 is 39.7. The molecule has 552 valence electrons. The number of aliphatic hydroxyl groups is 1. The number of hydrogen-bond acceptors (Lipinski definition) is 15. The van der Waals surface area contributed by atoms with Crippen LogP contribution in [-0.2, 0) is 66.7 Å². The lowest BCUT2D eigenvalue weighted by atomic mass is 9.47. The molecule has 0 aromatic rings. The second-order valence-corrected chi connectivity index (χ2v) is 36.1. The highest BCUT2D eigenvalue weighted by Gasteiger charge is 2.62. The molecule has 7 unspecified atom stereocenters. The van der Waals surface area contributed by atoms with Crippen molar-refractivity contribution in [2.45, 2.75) is 366 Å². The molecule has 13 aliphatic rings. The van der Waals surface area contributed by atoms with Crippen molar-refractivity contribution in [2.75, 3.05) is 13.2 Å². The Kier molecular flexibility index (Phi) is 28.2. The zero-order valence-corrected chi connectivity index (χ0v) is 64.3. The molecule has 0 amide bonds. The highest BCUT2D eigenvalue weighted by Crippen LogP contribution is 2.63. The van der Waals surface area contributed by atoms with Gasteiger partial charge in [-0.3, -0.25) is 28.8 Å². The summed E-state index contributed by atoms with van der Waals surface area (Å²) in [5.41, 5.74) is -3.30. The van der Waals surface area contributed by atoms with Crippen molar-refractivity contribution >= 4 is 41.8 Å². The first-order valence-corrected chi connectivity index (χ1v) is 38.9. The van der Waals surface area contributed by atoms with Gasteiger partial charge >= 0.3 is 41.8 Å². The third-order valence-corrected chi connectivity index (χ3v) is 26.0. The molecule has 11 saturated carbocycles. The van der Waals surface area contributed by atoms with Crippen LogP contribution >= 0.6 is 0 Å². The van der Waals surface area contributed by atoms with E-state index in [0.29, 0.717) is 60.9 Å². The van der Waals surface area contributed by atoms with Gasteiger partial charge in [-0.05, 0) is 277 Å². The summed E-state index contributed by atoms with van der Waals surface area (Å²) in [7, 11) is 0. The highest BCUT2D eigenvalue weighted by atomic mass is 16.6. The highest BCUT2D eigenvalue weighted by molar-refractivity contribution is 5.80. The lowest BCUT2D eigenvalue weighted by Gasteiger charge is -2.62. The lowest BCUT2D eigenvalue weighted by molar-refractivity contribution is -0.231. The summed E-state index contributed by atoms with van der Waals surface area (Å²) in [5.74, 6) is 4.40. The normalized spacial score (nSPS) is 31.8. The van der Waals surface area contributed by atoms with Crippen molar-refractivity contribution in [1.29, 1.82) is 0 Å². The summed E-state index contributed by atoms with van der Waals surface area (Å²) in [6.07, 6.45) is 30.7. The minimum atomic E-state index is -0.615. The van der Waals surface area contributed by atoms with Gasteiger partial charge in [0.25, 0.3) is 0 Å². The van der Waals surface area contributed by atoms with E-state index in [0.717, 1.165) is 108 Å². The van der Waals surface area contributed by atoms with Gasteiger partial charge in [-0.1, -0.05) is 101 Å². The second kappa shape index (κ2) is 33.4. The van der Waals surface area contributed by atoms with Gasteiger partial charge in [0.1, 0.15) is 29.0 Å². The van der Waals surface area contributed by atoms with Crippen LogP contribution in [0.5, 0.6) is 0 Å². The molecule has 0 radical (unpaired) electrons. The molecule has 11 aliphatic carbocycles. The number of esters is 7. The standard InChI is InChI=1S/C19H32O2.C18H26O6.C16H26O3.C14H26O2.C14H28O2/c1-6-18(4,5)17(20)21-19(12(2)3)15-8-13-7-14(10-15)11-16(19)9-13;1-4-18(2,3)17(21)22-9-14(19)24-15-11-5-10-6-12(8-11)16(20)23-13(15)7-10;1-4-14(2,3)13(17)19-16-8-11-5-12(9-16)7-15(18,6-11)10-16;1-6-13(4,5)12(15)16-14(11(2)3)9-7-8-10-14;1-5-7-8-9-10-11-12-16-13(15)14(3,4)6-2/h12-16H,6-11H2,1-5H3;10-13,15H,4-9H2,1-3H3;11-12,18H,4-10H2,1-3H3;11H,6-10H2,1-5H3;5-12H2,1-4H3. The summed E-state index contributed by atoms with van der Waals surface area (Å²) in [4.78, 5) is 85.0. The molecule has 12 bridgehead atoms. The average Bonchev–Trinajstić information content (AvgIpc) is 0.901. The van der Waals surface area contributed by atoms with E-state index in [1.54, 1.807) is 13.8 Å². The zero-order chi connectivity index (χ0) is 71.6. The van der Waals surface area contributed by atoms with Crippen LogP contribution in [0.15, 0.2) is 0 Å². The number of unbranched alkanes of at least 4 members (excludes halogenated alkanes) is 5. The van der Waals surface area contributed by atoms with Crippen LogP contribution in [0.4, 0.5) is 0 Å². The van der Waals surface area contributed by atoms with Gasteiger partial charge < -0.3 is 38.3 Å². The van der Waals surface area contributed by atoms with Gasteiger partial charge in [0.05, 0.1) is 45.2 Å². The van der Waals surface area contributed by atoms with Crippen LogP contribution in [0.2, 0.25) is 0 Å². The summed E-state index contributed by atoms with van der Waals surface area (Å²) in [6, 6.07) is 0. The SMILES string of the molecule is CCC(C)(C)C(=O)OC1(C(C)C)C2CC3CC(C2)CC1C3.CCC(C)(C)C(=O)OC1(C(C)C)CCCC1.CCC(C)(C)C(=O)OC12CC3CC(CC(O)(C3)C1)C2.CCC(C)(C)C(=O)OCC(=O)OC1C2CC3CC(C2)C(=O)OC1C3.CCCCCCCCOC(=O)C(C)(C)CC. The third-order valence-electron chi connectivity index (χ3n) is 26.0. The monoisotopic (exact) mass is 1350 g/mol. The minimum Gasteiger partial charge on any atom is -0.465 e. The van der Waals surface area contributed by atoms with Crippen LogP contribution in [0.1, 0.15) is 331 Å². The van der Waals surface area contributed by atoms with Crippen LogP contribution in [0.25, 0.3) is 0 Å². The molecule has 0 spiro atoms. The van der Waals surface area contributed by atoms with E-state index in [1.165, 1.54) is 83.5 Å². The van der Waals surface area contributed by atoms with Crippen molar-refractivity contribution in [3.8, 4) is 0 Å². The molecule has 2 aliphatic heterocycles. The maximum absolute atomic E-state index is 12.8. The topological polar surface area (TPSA) is 204 Å². The molecule has 2 heterocycles. The molecule has 0 aromatic heterocycles. The van der Waals surface area contributed by atoms with Gasteiger partial charge in [0.2, 0.25) is 0 Å². The van der Waals surface area contributed by atoms with Gasteiger partial charge in [0.15, 0.2) is 6.61 Å². The molecule has 15 nitrogen and oxygen atoms in total. The summed E-state index contributed by atoms with van der Waals surface area (Å²) in [5, 5.41) is 10.6. The predicted molar refractivity (Wildman–Crippen MR) is 376 cm³/mol. The van der Waals surface area contributed by atoms with E-state index in [4.69, 9.17) is 33.2 Å². The maximum Gasteiger partial charge on any atom is 0.344 e. The Morgan fingerprint density at radius 3 is 1.43 bits per heavy atom. The van der Waals surface area contributed by atoms with E-state index in [1.807, 2.05) is 83.1 Å². The zero-order valence-electron chi connectivity index (χ0n) is 64.3. The Hall–Kier alpha value is -3.75. The molecule has 96 heavy (non-hydrogen) atoms. The smallest absolute Gasteiger partial charge is 0.344 e. The van der Waals surface area contributed by atoms with E-state index in [2.05, 4.69) is 41.5 Å². The van der Waals surface area contributed by atoms with Crippen LogP contribution in [0.3, 0.4) is 0 Å². The van der Waals surface area contributed by atoms with E-state index < -0.39 is 34.5 Å². The Morgan fingerprint density at radius 1 is 0.500 bits per heavy atom. The number of carbonyl (C=O) groups is 7. The van der Waals surface area contributed by atoms with Crippen LogP contribution in [0, 0.1) is 92.2 Å². The predicted octanol–water partition coefficient (Wildman–Crippen LogP) is 18.4. The Balaban J connectivity index is 0.000000192. The first-order chi connectivity index (χ1) is 44.7. The largest absolute Gasteiger partial charge is 0.465 e. The Morgan fingerprint density at radius 2 is 0.948 bits per heavy atom. The number of carbonyl (C=O) groups excluding carboxylic acids is 7. The summed E-state index contributed by atoms with van der Waals surface area (Å²) in [6.45, 7) is 40.7. The third kappa shape index (κ3) is 20.1. The lowest BCUT2D eigenvalue weighted by Crippen LogP contribution is -2.63. The van der Waals surface area contributed by atoms with Gasteiger partial charge in [0, 0.05) is 12.3 Å². The van der Waals surface area contributed by atoms with E-state index in [9.17, 15) is 38.7 Å². The molecule has 0 aromatic carbocycles. The van der Waals surface area contributed by atoms with Gasteiger partial charge in [-0.2, -0.15) is 0 Å². The van der Waals surface area contributed by atoms with Crippen LogP contribution in [-0.4, -0.2) is 94.7 Å². The van der Waals surface area contributed by atoms with Gasteiger partial charge in [-0.15, -0.1) is 0 Å². The fourth-order valence-corrected chi connectivity index (χ4v) is 18.0. The minimum absolute atomic E-state index is 0.0226. The summed E-state index contributed by atoms with van der Waals surface area (Å²) >= 11 is 0. The molecule has 13 fully saturated rings. The fraction of sp³-hybridized carbons (Fsp3) is 0.914. The second-order valence-electron chi connectivity index (χ2n) is 36.1. The maximum atomic E-state index is 12.8. The quantitative estimate of drug-likeness (QED) is 0.0513. The number of rotatable bonds is 25. The molecule has 7 atom stereocenters.